The molecule has 0 saturated heterocycles. The molecule has 1 N–H and O–H groups in total. The summed E-state index contributed by atoms with van der Waals surface area (Å²) in [5, 5.41) is 4.16. The van der Waals surface area contributed by atoms with E-state index in [4.69, 9.17) is 16.3 Å². The van der Waals surface area contributed by atoms with Crippen LogP contribution in [0.15, 0.2) is 71.1 Å². The Morgan fingerprint density at radius 3 is 2.23 bits per heavy atom. The van der Waals surface area contributed by atoms with E-state index in [9.17, 15) is 9.59 Å². The number of esters is 1. The molecule has 1 heterocycles. The van der Waals surface area contributed by atoms with Gasteiger partial charge in [-0.3, -0.25) is 4.79 Å². The number of hydrogen-bond donors (Lipinski definition) is 1. The monoisotopic (exact) mass is 546 g/mol. The number of rotatable bonds is 7. The molecule has 2 aromatic carbocycles. The van der Waals surface area contributed by atoms with Gasteiger partial charge in [-0.15, -0.1) is 0 Å². The van der Waals surface area contributed by atoms with E-state index in [0.29, 0.717) is 29.0 Å². The van der Waals surface area contributed by atoms with E-state index in [-0.39, 0.29) is 23.8 Å². The number of allylic oxidation sites excluding steroid dienone is 3. The molecule has 39 heavy (non-hydrogen) atoms. The van der Waals surface area contributed by atoms with Gasteiger partial charge in [0.2, 0.25) is 0 Å². The summed E-state index contributed by atoms with van der Waals surface area (Å²) in [5.41, 5.74) is 6.15. The maximum Gasteiger partial charge on any atom is 0.337 e. The third kappa shape index (κ3) is 5.79. The van der Waals surface area contributed by atoms with Gasteiger partial charge in [0.1, 0.15) is 6.10 Å². The van der Waals surface area contributed by atoms with Crippen molar-refractivity contribution in [3.05, 3.63) is 87.2 Å². The normalized spacial score (nSPS) is 21.9. The Kier molecular flexibility index (Phi) is 8.46. The average molecular weight is 547 g/mol. The summed E-state index contributed by atoms with van der Waals surface area (Å²) in [7, 11) is 0. The molecule has 0 aromatic heterocycles. The Bertz CT molecular complexity index is 1270. The SMILES string of the molecule is CCN(CC)c1ccc([C@H]2C(C(=O)OC3CCCCC3)=C(C)NC3=C2C(=O)C[C@H](c2ccc(Cl)cc2)C3)cc1. The summed E-state index contributed by atoms with van der Waals surface area (Å²) >= 11 is 6.12. The van der Waals surface area contributed by atoms with Crippen molar-refractivity contribution in [1.29, 1.82) is 0 Å². The Balaban J connectivity index is 1.52. The summed E-state index contributed by atoms with van der Waals surface area (Å²) in [4.78, 5) is 29.9. The number of carbonyl (C=O) groups excluding carboxylic acids is 2. The first kappa shape index (κ1) is 27.5. The average Bonchev–Trinajstić information content (AvgIpc) is 2.94. The molecule has 2 aliphatic carbocycles. The van der Waals surface area contributed by atoms with Crippen LogP contribution in [0.2, 0.25) is 5.02 Å². The first-order valence-electron chi connectivity index (χ1n) is 14.4. The van der Waals surface area contributed by atoms with E-state index in [2.05, 4.69) is 48.3 Å². The highest BCUT2D eigenvalue weighted by Crippen LogP contribution is 2.46. The number of nitrogens with one attached hydrogen (secondary N) is 1. The largest absolute Gasteiger partial charge is 0.459 e. The van der Waals surface area contributed by atoms with Crippen LogP contribution in [0.25, 0.3) is 0 Å². The lowest BCUT2D eigenvalue weighted by Gasteiger charge is -2.37. The molecule has 0 amide bonds. The lowest BCUT2D eigenvalue weighted by molar-refractivity contribution is -0.146. The fraction of sp³-hybridized carbons (Fsp3) is 0.455. The fourth-order valence-corrected chi connectivity index (χ4v) is 6.60. The quantitative estimate of drug-likeness (QED) is 0.366. The summed E-state index contributed by atoms with van der Waals surface area (Å²) in [6.45, 7) is 8.06. The predicted molar refractivity (Wildman–Crippen MR) is 157 cm³/mol. The minimum atomic E-state index is -0.443. The molecule has 0 radical (unpaired) electrons. The second-order valence-corrected chi connectivity index (χ2v) is 11.4. The second-order valence-electron chi connectivity index (χ2n) is 11.0. The van der Waals surface area contributed by atoms with Crippen LogP contribution in [0.1, 0.15) is 88.7 Å². The minimum Gasteiger partial charge on any atom is -0.459 e. The van der Waals surface area contributed by atoms with Gasteiger partial charge in [-0.1, -0.05) is 42.3 Å². The maximum absolute atomic E-state index is 13.9. The zero-order valence-electron chi connectivity index (χ0n) is 23.3. The van der Waals surface area contributed by atoms with Crippen molar-refractivity contribution in [3.8, 4) is 0 Å². The third-order valence-electron chi connectivity index (χ3n) is 8.57. The number of benzene rings is 2. The van der Waals surface area contributed by atoms with Gasteiger partial charge in [-0.2, -0.15) is 0 Å². The van der Waals surface area contributed by atoms with Crippen molar-refractivity contribution in [2.75, 3.05) is 18.0 Å². The van der Waals surface area contributed by atoms with E-state index < -0.39 is 5.92 Å². The molecular formula is C33H39ClN2O3. The van der Waals surface area contributed by atoms with Crippen molar-refractivity contribution < 1.29 is 14.3 Å². The van der Waals surface area contributed by atoms with Gasteiger partial charge in [0.15, 0.2) is 5.78 Å². The van der Waals surface area contributed by atoms with Gasteiger partial charge < -0.3 is 15.0 Å². The summed E-state index contributed by atoms with van der Waals surface area (Å²) < 4.78 is 6.07. The van der Waals surface area contributed by atoms with Crippen LogP contribution in [-0.4, -0.2) is 30.9 Å². The summed E-state index contributed by atoms with van der Waals surface area (Å²) in [6.07, 6.45) is 6.24. The molecule has 1 saturated carbocycles. The van der Waals surface area contributed by atoms with Gasteiger partial charge in [0.25, 0.3) is 0 Å². The molecule has 5 rings (SSSR count). The Hall–Kier alpha value is -3.05. The molecule has 1 fully saturated rings. The van der Waals surface area contributed by atoms with Crippen molar-refractivity contribution in [2.24, 2.45) is 0 Å². The predicted octanol–water partition coefficient (Wildman–Crippen LogP) is 7.42. The van der Waals surface area contributed by atoms with E-state index in [1.54, 1.807) is 0 Å². The molecule has 6 heteroatoms. The van der Waals surface area contributed by atoms with Gasteiger partial charge in [0, 0.05) is 53.1 Å². The molecule has 0 spiro atoms. The van der Waals surface area contributed by atoms with E-state index in [1.807, 2.05) is 31.2 Å². The number of anilines is 1. The molecule has 3 aliphatic rings. The van der Waals surface area contributed by atoms with Gasteiger partial charge in [-0.25, -0.2) is 4.79 Å². The van der Waals surface area contributed by atoms with Crippen LogP contribution < -0.4 is 10.2 Å². The fourth-order valence-electron chi connectivity index (χ4n) is 6.48. The standard InChI is InChI=1S/C33H39ClN2O3/c1-4-36(5-2)26-17-13-23(14-18-26)31-30(33(38)39-27-9-7-6-8-10-27)21(3)35-28-19-24(20-29(37)32(28)31)22-11-15-25(34)16-12-22/h11-18,24,27,31,35H,4-10,19-20H2,1-3H3/t24-,31+/m1/s1. The van der Waals surface area contributed by atoms with Crippen LogP contribution in [0, 0.1) is 0 Å². The first-order valence-corrected chi connectivity index (χ1v) is 14.8. The Morgan fingerprint density at radius 1 is 0.949 bits per heavy atom. The number of ether oxygens (including phenoxy) is 1. The van der Waals surface area contributed by atoms with Crippen molar-refractivity contribution in [3.63, 3.8) is 0 Å². The second kappa shape index (κ2) is 12.0. The van der Waals surface area contributed by atoms with Crippen LogP contribution in [0.3, 0.4) is 0 Å². The van der Waals surface area contributed by atoms with E-state index >= 15 is 0 Å². The van der Waals surface area contributed by atoms with Crippen molar-refractivity contribution in [2.45, 2.75) is 83.7 Å². The highest BCUT2D eigenvalue weighted by Gasteiger charge is 2.42. The molecule has 0 bridgehead atoms. The molecule has 1 aliphatic heterocycles. The maximum atomic E-state index is 13.9. The molecule has 0 unspecified atom stereocenters. The Morgan fingerprint density at radius 2 is 1.59 bits per heavy atom. The Labute approximate surface area is 237 Å². The number of carbonyl (C=O) groups is 2. The van der Waals surface area contributed by atoms with Gasteiger partial charge in [0.05, 0.1) is 5.57 Å². The number of ketones is 1. The number of dihydropyridines is 1. The number of halogens is 1. The molecule has 5 nitrogen and oxygen atoms in total. The van der Waals surface area contributed by atoms with Crippen molar-refractivity contribution >= 4 is 29.0 Å². The lowest BCUT2D eigenvalue weighted by Crippen LogP contribution is -2.37. The van der Waals surface area contributed by atoms with E-state index in [0.717, 1.165) is 67.0 Å². The zero-order valence-corrected chi connectivity index (χ0v) is 24.0. The number of Topliss-reactive ketones (excluding diaryl/α,β-unsaturated/α-hetero) is 1. The van der Waals surface area contributed by atoms with Gasteiger partial charge in [-0.05, 0) is 94.2 Å². The van der Waals surface area contributed by atoms with E-state index in [1.165, 1.54) is 6.42 Å². The molecule has 206 valence electrons. The van der Waals surface area contributed by atoms with Crippen molar-refractivity contribution in [1.82, 2.24) is 5.32 Å². The highest BCUT2D eigenvalue weighted by molar-refractivity contribution is 6.30. The minimum absolute atomic E-state index is 0.0519. The number of hydrogen-bond acceptors (Lipinski definition) is 5. The van der Waals surface area contributed by atoms with Crippen LogP contribution in [0.4, 0.5) is 5.69 Å². The third-order valence-corrected chi connectivity index (χ3v) is 8.82. The smallest absolute Gasteiger partial charge is 0.337 e. The van der Waals surface area contributed by atoms with Crippen LogP contribution in [0.5, 0.6) is 0 Å². The summed E-state index contributed by atoms with van der Waals surface area (Å²) in [6, 6.07) is 16.1. The number of nitrogens with zero attached hydrogens (tertiary/aromatic N) is 1. The molecular weight excluding hydrogens is 508 g/mol. The van der Waals surface area contributed by atoms with Crippen LogP contribution in [-0.2, 0) is 14.3 Å². The first-order chi connectivity index (χ1) is 18.9. The molecule has 2 aromatic rings. The highest BCUT2D eigenvalue weighted by atomic mass is 35.5. The summed E-state index contributed by atoms with van der Waals surface area (Å²) in [5.74, 6) is -0.599. The molecule has 2 atom stereocenters. The lowest BCUT2D eigenvalue weighted by atomic mass is 9.71. The van der Waals surface area contributed by atoms with Gasteiger partial charge >= 0.3 is 5.97 Å². The zero-order chi connectivity index (χ0) is 27.5. The van der Waals surface area contributed by atoms with Crippen LogP contribution >= 0.6 is 11.6 Å². The topological polar surface area (TPSA) is 58.6 Å².